The normalized spacial score (nSPS) is 19.7. The van der Waals surface area contributed by atoms with Crippen LogP contribution in [0.5, 0.6) is 5.75 Å². The number of β-amino-alcohol motifs (C(OH)–C–C–N with tert-alkyl or cyclic N) is 1. The lowest BCUT2D eigenvalue weighted by atomic mass is 9.85. The Morgan fingerprint density at radius 2 is 1.95 bits per heavy atom. The highest BCUT2D eigenvalue weighted by molar-refractivity contribution is 7.13. The van der Waals surface area contributed by atoms with Crippen LogP contribution in [0.4, 0.5) is 4.39 Å². The monoisotopic (exact) mass is 634 g/mol. The minimum Gasteiger partial charge on any atom is -0.491 e. The minimum absolute atomic E-state index is 0.00327. The van der Waals surface area contributed by atoms with E-state index in [2.05, 4.69) is 15.6 Å². The van der Waals surface area contributed by atoms with E-state index in [1.807, 2.05) is 19.1 Å². The number of thiazole rings is 1. The molecule has 240 valence electrons. The highest BCUT2D eigenvalue weighted by atomic mass is 32.1. The summed E-state index contributed by atoms with van der Waals surface area (Å²) in [5.41, 5.74) is 1.30. The molecule has 2 fully saturated rings. The summed E-state index contributed by atoms with van der Waals surface area (Å²) in [6, 6.07) is 3.37. The molecule has 2 heterocycles. The van der Waals surface area contributed by atoms with Crippen LogP contribution in [0.25, 0.3) is 10.4 Å². The first-order chi connectivity index (χ1) is 20.7. The molecule has 14 heteroatoms. The molecule has 1 aromatic carbocycles. The molecule has 4 N–H and O–H groups in total. The van der Waals surface area contributed by atoms with Gasteiger partial charge in [0, 0.05) is 25.1 Å². The summed E-state index contributed by atoms with van der Waals surface area (Å²) >= 11 is 1.47. The van der Waals surface area contributed by atoms with E-state index in [0.29, 0.717) is 11.3 Å². The molecule has 3 unspecified atom stereocenters. The zero-order valence-electron chi connectivity index (χ0n) is 25.2. The largest absolute Gasteiger partial charge is 0.491 e. The fourth-order valence-electron chi connectivity index (χ4n) is 4.94. The number of carbonyl (C=O) groups excluding carboxylic acids is 3. The number of carboxylic acid groups (broad SMARTS) is 1. The van der Waals surface area contributed by atoms with Crippen molar-refractivity contribution >= 4 is 35.0 Å². The van der Waals surface area contributed by atoms with Crippen molar-refractivity contribution in [2.45, 2.75) is 77.4 Å². The fourth-order valence-corrected chi connectivity index (χ4v) is 5.75. The molecule has 0 radical (unpaired) electrons. The van der Waals surface area contributed by atoms with Gasteiger partial charge in [0.2, 0.25) is 11.8 Å². The van der Waals surface area contributed by atoms with Gasteiger partial charge in [-0.1, -0.05) is 32.9 Å². The molecule has 2 aliphatic rings. The number of hydrogen-bond acceptors (Lipinski definition) is 9. The molecule has 1 aliphatic carbocycles. The van der Waals surface area contributed by atoms with Gasteiger partial charge >= 0.3 is 5.97 Å². The quantitative estimate of drug-likeness (QED) is 0.242. The molecule has 1 aliphatic heterocycles. The standard InChI is InChI=1S/C30H39FN4O8S/c1-17-24(44-16-33-17)18-5-6-19(22(11-18)43-10-9-42-15-23(37)38)13-32-26(39)21-12-20(36)14-35(21)27(40)25(29(2,3)4)34-28(41)30(31)7-8-30/h5-6,11,16,20-21,25,36H,7-10,12-15H2,1-4H3,(H,32,39)(H,34,41)(H,37,38). The number of halogens is 1. The number of aliphatic hydroxyl groups is 1. The number of aryl methyl sites for hydroxylation is 1. The fraction of sp³-hybridized carbons (Fsp3) is 0.567. The molecule has 12 nitrogen and oxygen atoms in total. The Balaban J connectivity index is 1.47. The van der Waals surface area contributed by atoms with Crippen molar-refractivity contribution in [3.63, 3.8) is 0 Å². The van der Waals surface area contributed by atoms with Crippen molar-refractivity contribution in [1.82, 2.24) is 20.5 Å². The van der Waals surface area contributed by atoms with Crippen LogP contribution in [-0.4, -0.2) is 94.0 Å². The van der Waals surface area contributed by atoms with Gasteiger partial charge in [0.05, 0.1) is 28.8 Å². The van der Waals surface area contributed by atoms with Crippen molar-refractivity contribution in [3.05, 3.63) is 35.0 Å². The Morgan fingerprint density at radius 3 is 2.57 bits per heavy atom. The molecule has 1 saturated heterocycles. The van der Waals surface area contributed by atoms with Crippen LogP contribution < -0.4 is 15.4 Å². The Morgan fingerprint density at radius 1 is 1.23 bits per heavy atom. The number of hydrogen-bond donors (Lipinski definition) is 4. The topological polar surface area (TPSA) is 167 Å². The third-order valence-electron chi connectivity index (χ3n) is 7.59. The van der Waals surface area contributed by atoms with Gasteiger partial charge < -0.3 is 35.2 Å². The summed E-state index contributed by atoms with van der Waals surface area (Å²) in [7, 11) is 0. The molecular weight excluding hydrogens is 595 g/mol. The van der Waals surface area contributed by atoms with Gasteiger partial charge in [-0.05, 0) is 36.8 Å². The number of carbonyl (C=O) groups is 4. The lowest BCUT2D eigenvalue weighted by Gasteiger charge is -2.35. The smallest absolute Gasteiger partial charge is 0.329 e. The van der Waals surface area contributed by atoms with Gasteiger partial charge in [-0.2, -0.15) is 0 Å². The van der Waals surface area contributed by atoms with E-state index in [9.17, 15) is 28.7 Å². The van der Waals surface area contributed by atoms with Gasteiger partial charge in [0.25, 0.3) is 5.91 Å². The molecule has 2 aromatic rings. The number of amides is 3. The van der Waals surface area contributed by atoms with E-state index < -0.39 is 59.6 Å². The van der Waals surface area contributed by atoms with Gasteiger partial charge in [0.1, 0.15) is 31.0 Å². The lowest BCUT2D eigenvalue weighted by Crippen LogP contribution is -2.59. The first kappa shape index (κ1) is 33.3. The maximum atomic E-state index is 14.4. The molecule has 4 rings (SSSR count). The number of nitrogens with one attached hydrogen (secondary N) is 2. The number of ether oxygens (including phenoxy) is 2. The van der Waals surface area contributed by atoms with E-state index in [-0.39, 0.29) is 45.6 Å². The Labute approximate surface area is 258 Å². The zero-order valence-corrected chi connectivity index (χ0v) is 26.0. The number of aromatic nitrogens is 1. The number of benzene rings is 1. The first-order valence-electron chi connectivity index (χ1n) is 14.4. The van der Waals surface area contributed by atoms with Crippen molar-refractivity contribution < 1.29 is 43.3 Å². The maximum Gasteiger partial charge on any atom is 0.329 e. The number of nitrogens with zero attached hydrogens (tertiary/aromatic N) is 2. The third kappa shape index (κ3) is 8.10. The number of carboxylic acids is 1. The molecule has 3 atom stereocenters. The van der Waals surface area contributed by atoms with Gasteiger partial charge in [-0.15, -0.1) is 11.3 Å². The van der Waals surface area contributed by atoms with Crippen LogP contribution >= 0.6 is 11.3 Å². The lowest BCUT2D eigenvalue weighted by molar-refractivity contribution is -0.145. The Kier molecular flexibility index (Phi) is 10.3. The SMILES string of the molecule is Cc1ncsc1-c1ccc(CNC(=O)C2CC(O)CN2C(=O)C(NC(=O)C2(F)CC2)C(C)(C)C)c(OCCOCC(=O)O)c1. The second-order valence-electron chi connectivity index (χ2n) is 12.2. The number of aliphatic carboxylic acids is 1. The van der Waals surface area contributed by atoms with E-state index in [0.717, 1.165) is 16.1 Å². The number of rotatable bonds is 13. The number of likely N-dealkylation sites (tertiary alicyclic amines) is 1. The molecule has 0 spiro atoms. The predicted molar refractivity (Wildman–Crippen MR) is 159 cm³/mol. The predicted octanol–water partition coefficient (Wildman–Crippen LogP) is 2.21. The van der Waals surface area contributed by atoms with Crippen LogP contribution in [0.15, 0.2) is 23.7 Å². The summed E-state index contributed by atoms with van der Waals surface area (Å²) in [5, 5.41) is 24.6. The second kappa shape index (κ2) is 13.6. The zero-order chi connectivity index (χ0) is 32.2. The van der Waals surface area contributed by atoms with E-state index in [4.69, 9.17) is 14.6 Å². The summed E-state index contributed by atoms with van der Waals surface area (Å²) in [5.74, 6) is -2.56. The molecule has 3 amide bonds. The van der Waals surface area contributed by atoms with Crippen molar-refractivity contribution in [1.29, 1.82) is 0 Å². The van der Waals surface area contributed by atoms with Gasteiger partial charge in [-0.3, -0.25) is 14.4 Å². The average Bonchev–Trinajstić information content (AvgIpc) is 3.36. The third-order valence-corrected chi connectivity index (χ3v) is 8.57. The van der Waals surface area contributed by atoms with Crippen molar-refractivity contribution in [3.8, 4) is 16.2 Å². The summed E-state index contributed by atoms with van der Waals surface area (Å²) in [4.78, 5) is 56.8. The molecule has 1 aromatic heterocycles. The van der Waals surface area contributed by atoms with Crippen LogP contribution in [0.1, 0.15) is 51.3 Å². The molecule has 44 heavy (non-hydrogen) atoms. The second-order valence-corrected chi connectivity index (χ2v) is 13.1. The van der Waals surface area contributed by atoms with E-state index >= 15 is 0 Å². The summed E-state index contributed by atoms with van der Waals surface area (Å²) < 4.78 is 25.4. The summed E-state index contributed by atoms with van der Waals surface area (Å²) in [6.45, 7) is 6.68. The average molecular weight is 635 g/mol. The van der Waals surface area contributed by atoms with Gasteiger partial charge in [-0.25, -0.2) is 14.2 Å². The van der Waals surface area contributed by atoms with Crippen LogP contribution in [-0.2, 0) is 30.5 Å². The van der Waals surface area contributed by atoms with Crippen molar-refractivity contribution in [2.75, 3.05) is 26.4 Å². The molecule has 1 saturated carbocycles. The maximum absolute atomic E-state index is 14.4. The molecular formula is C30H39FN4O8S. The number of aliphatic hydroxyl groups excluding tert-OH is 1. The van der Waals surface area contributed by atoms with E-state index in [1.165, 1.54) is 16.2 Å². The van der Waals surface area contributed by atoms with Crippen molar-refractivity contribution in [2.24, 2.45) is 5.41 Å². The molecule has 0 bridgehead atoms. The van der Waals surface area contributed by atoms with Crippen LogP contribution in [0.2, 0.25) is 0 Å². The highest BCUT2D eigenvalue weighted by Crippen LogP contribution is 2.40. The van der Waals surface area contributed by atoms with Gasteiger partial charge in [0.15, 0.2) is 5.67 Å². The first-order valence-corrected chi connectivity index (χ1v) is 15.3. The Hall–Kier alpha value is -3.62. The highest BCUT2D eigenvalue weighted by Gasteiger charge is 2.53. The Bertz CT molecular complexity index is 1390. The van der Waals surface area contributed by atoms with E-state index in [1.54, 1.807) is 32.3 Å². The van der Waals surface area contributed by atoms with Crippen LogP contribution in [0.3, 0.4) is 0 Å². The minimum atomic E-state index is -1.97. The summed E-state index contributed by atoms with van der Waals surface area (Å²) in [6.07, 6.45) is -0.746. The van der Waals surface area contributed by atoms with Crippen LogP contribution in [0, 0.1) is 12.3 Å². The number of alkyl halides is 1.